The average molecular weight is 335 g/mol. The van der Waals surface area contributed by atoms with Crippen LogP contribution in [0.15, 0.2) is 44.5 Å². The molecule has 0 spiro atoms. The van der Waals surface area contributed by atoms with E-state index in [1.54, 1.807) is 11.7 Å². The Kier molecular flexibility index (Phi) is 3.06. The van der Waals surface area contributed by atoms with Crippen LogP contribution in [0, 0.1) is 0 Å². The molecular formula is C13H11BrN4O2. The molecule has 20 heavy (non-hydrogen) atoms. The van der Waals surface area contributed by atoms with Gasteiger partial charge in [-0.15, -0.1) is 0 Å². The van der Waals surface area contributed by atoms with Gasteiger partial charge in [0.1, 0.15) is 10.1 Å². The predicted molar refractivity (Wildman–Crippen MR) is 78.8 cm³/mol. The van der Waals surface area contributed by atoms with Crippen LogP contribution in [-0.4, -0.2) is 19.3 Å². The zero-order valence-electron chi connectivity index (χ0n) is 10.6. The summed E-state index contributed by atoms with van der Waals surface area (Å²) in [6.45, 7) is 0.518. The third-order valence-corrected chi connectivity index (χ3v) is 3.90. The normalized spacial score (nSPS) is 11.1. The molecule has 102 valence electrons. The highest BCUT2D eigenvalue weighted by Gasteiger charge is 2.15. The lowest BCUT2D eigenvalue weighted by Gasteiger charge is -2.03. The van der Waals surface area contributed by atoms with Crippen LogP contribution in [0.5, 0.6) is 0 Å². The molecule has 0 atom stereocenters. The molecule has 0 aliphatic rings. The Morgan fingerprint density at radius 2 is 1.95 bits per heavy atom. The van der Waals surface area contributed by atoms with Crippen molar-refractivity contribution in [3.8, 4) is 0 Å². The van der Waals surface area contributed by atoms with Gasteiger partial charge in [0.2, 0.25) is 0 Å². The zero-order valence-corrected chi connectivity index (χ0v) is 12.2. The first-order valence-corrected chi connectivity index (χ1v) is 6.76. The highest BCUT2D eigenvalue weighted by Crippen LogP contribution is 2.20. The molecule has 3 rings (SSSR count). The quantitative estimate of drug-likeness (QED) is 0.766. The van der Waals surface area contributed by atoms with Crippen molar-refractivity contribution in [3.05, 3.63) is 61.3 Å². The maximum atomic E-state index is 11.8. The van der Waals surface area contributed by atoms with Crippen molar-refractivity contribution in [2.75, 3.05) is 0 Å². The van der Waals surface area contributed by atoms with Crippen LogP contribution in [0.25, 0.3) is 11.0 Å². The van der Waals surface area contributed by atoms with Gasteiger partial charge in [0.15, 0.2) is 5.52 Å². The number of aromatic amines is 1. The van der Waals surface area contributed by atoms with Gasteiger partial charge in [-0.3, -0.25) is 19.0 Å². The Labute approximate surface area is 121 Å². The summed E-state index contributed by atoms with van der Waals surface area (Å²) < 4.78 is 3.64. The van der Waals surface area contributed by atoms with Crippen LogP contribution in [0.3, 0.4) is 0 Å². The number of nitrogens with zero attached hydrogens (tertiary/aromatic N) is 3. The number of aromatic nitrogens is 4. The van der Waals surface area contributed by atoms with Gasteiger partial charge >= 0.3 is 5.69 Å². The molecule has 7 heteroatoms. The summed E-state index contributed by atoms with van der Waals surface area (Å²) in [6, 6.07) is 9.76. The van der Waals surface area contributed by atoms with Gasteiger partial charge < -0.3 is 0 Å². The molecule has 0 fully saturated rings. The first-order chi connectivity index (χ1) is 9.58. The topological polar surface area (TPSA) is 72.7 Å². The monoisotopic (exact) mass is 334 g/mol. The molecule has 0 unspecified atom stereocenters. The van der Waals surface area contributed by atoms with E-state index in [9.17, 15) is 9.59 Å². The fraction of sp³-hybridized carbons (Fsp3) is 0.154. The van der Waals surface area contributed by atoms with Gasteiger partial charge in [0.05, 0.1) is 6.54 Å². The summed E-state index contributed by atoms with van der Waals surface area (Å²) in [5.74, 6) is 0. The standard InChI is InChI=1S/C13H11BrN4O2/c1-17-10-9(12(19)15-13(17)20)16-18(11(10)14)7-8-5-3-2-4-6-8/h2-6H,7H2,1H3,(H,15,19,20). The number of benzene rings is 1. The molecule has 0 bridgehead atoms. The number of rotatable bonds is 2. The number of H-pyrrole nitrogens is 1. The van der Waals surface area contributed by atoms with Gasteiger partial charge in [0, 0.05) is 7.05 Å². The van der Waals surface area contributed by atoms with Crippen LogP contribution < -0.4 is 11.2 Å². The van der Waals surface area contributed by atoms with Crippen molar-refractivity contribution in [2.45, 2.75) is 6.54 Å². The number of aryl methyl sites for hydroxylation is 1. The average Bonchev–Trinajstić information content (AvgIpc) is 2.76. The number of hydrogen-bond donors (Lipinski definition) is 1. The first-order valence-electron chi connectivity index (χ1n) is 5.97. The maximum absolute atomic E-state index is 11.8. The van der Waals surface area contributed by atoms with E-state index in [1.165, 1.54) is 4.57 Å². The second-order valence-electron chi connectivity index (χ2n) is 4.45. The number of hydrogen-bond acceptors (Lipinski definition) is 3. The largest absolute Gasteiger partial charge is 0.328 e. The van der Waals surface area contributed by atoms with Crippen LogP contribution in [0.4, 0.5) is 0 Å². The zero-order chi connectivity index (χ0) is 14.3. The molecular weight excluding hydrogens is 324 g/mol. The van der Waals surface area contributed by atoms with Crippen molar-refractivity contribution in [1.29, 1.82) is 0 Å². The second-order valence-corrected chi connectivity index (χ2v) is 5.20. The molecule has 0 aliphatic heterocycles. The van der Waals surface area contributed by atoms with Crippen LogP contribution in [-0.2, 0) is 13.6 Å². The van der Waals surface area contributed by atoms with E-state index in [0.717, 1.165) is 5.56 Å². The Morgan fingerprint density at radius 3 is 2.65 bits per heavy atom. The van der Waals surface area contributed by atoms with Crippen LogP contribution >= 0.6 is 15.9 Å². The van der Waals surface area contributed by atoms with E-state index in [2.05, 4.69) is 26.0 Å². The lowest BCUT2D eigenvalue weighted by Crippen LogP contribution is -2.28. The van der Waals surface area contributed by atoms with E-state index in [4.69, 9.17) is 0 Å². The van der Waals surface area contributed by atoms with E-state index >= 15 is 0 Å². The minimum absolute atomic E-state index is 0.245. The molecule has 6 nitrogen and oxygen atoms in total. The minimum atomic E-state index is -0.476. The Hall–Kier alpha value is -2.15. The van der Waals surface area contributed by atoms with Crippen molar-refractivity contribution in [3.63, 3.8) is 0 Å². The summed E-state index contributed by atoms with van der Waals surface area (Å²) in [6.07, 6.45) is 0. The number of fused-ring (bicyclic) bond motifs is 1. The van der Waals surface area contributed by atoms with E-state index < -0.39 is 11.2 Å². The van der Waals surface area contributed by atoms with Crippen LogP contribution in [0.2, 0.25) is 0 Å². The molecule has 1 aromatic carbocycles. The summed E-state index contributed by atoms with van der Waals surface area (Å²) in [7, 11) is 1.60. The minimum Gasteiger partial charge on any atom is -0.292 e. The van der Waals surface area contributed by atoms with E-state index in [1.807, 2.05) is 30.3 Å². The maximum Gasteiger partial charge on any atom is 0.328 e. The smallest absolute Gasteiger partial charge is 0.292 e. The third kappa shape index (κ3) is 2.00. The fourth-order valence-electron chi connectivity index (χ4n) is 2.08. The summed E-state index contributed by atoms with van der Waals surface area (Å²) in [5, 5.41) is 4.28. The molecule has 0 saturated carbocycles. The molecule has 0 amide bonds. The lowest BCUT2D eigenvalue weighted by atomic mass is 10.2. The summed E-state index contributed by atoms with van der Waals surface area (Å²) in [4.78, 5) is 25.7. The summed E-state index contributed by atoms with van der Waals surface area (Å²) >= 11 is 3.42. The van der Waals surface area contributed by atoms with Crippen molar-refractivity contribution >= 4 is 27.0 Å². The molecule has 0 aliphatic carbocycles. The number of nitrogens with one attached hydrogen (secondary N) is 1. The molecule has 2 heterocycles. The van der Waals surface area contributed by atoms with E-state index in [0.29, 0.717) is 16.7 Å². The molecule has 0 radical (unpaired) electrons. The van der Waals surface area contributed by atoms with Gasteiger partial charge in [-0.05, 0) is 21.5 Å². The van der Waals surface area contributed by atoms with Gasteiger partial charge in [-0.1, -0.05) is 30.3 Å². The molecule has 1 N–H and O–H groups in total. The van der Waals surface area contributed by atoms with Crippen LogP contribution in [0.1, 0.15) is 5.56 Å². The third-order valence-electron chi connectivity index (χ3n) is 3.12. The fourth-order valence-corrected chi connectivity index (χ4v) is 2.74. The first kappa shape index (κ1) is 12.9. The SMILES string of the molecule is Cn1c(=O)[nH]c(=O)c2nn(Cc3ccccc3)c(Br)c21. The molecule has 3 aromatic rings. The van der Waals surface area contributed by atoms with Crippen molar-refractivity contribution in [1.82, 2.24) is 19.3 Å². The Morgan fingerprint density at radius 1 is 1.25 bits per heavy atom. The Balaban J connectivity index is 2.22. The predicted octanol–water partition coefficient (Wildman–Crippen LogP) is 1.23. The van der Waals surface area contributed by atoms with E-state index in [-0.39, 0.29) is 5.52 Å². The Bertz CT molecular complexity index is 892. The lowest BCUT2D eigenvalue weighted by molar-refractivity contribution is 0.679. The van der Waals surface area contributed by atoms with Gasteiger partial charge in [0.25, 0.3) is 5.56 Å². The second kappa shape index (κ2) is 4.75. The van der Waals surface area contributed by atoms with Gasteiger partial charge in [-0.25, -0.2) is 4.79 Å². The molecule has 2 aromatic heterocycles. The number of halogens is 1. The molecule has 0 saturated heterocycles. The summed E-state index contributed by atoms with van der Waals surface area (Å²) in [5.41, 5.74) is 0.866. The van der Waals surface area contributed by atoms with Gasteiger partial charge in [-0.2, -0.15) is 5.10 Å². The highest BCUT2D eigenvalue weighted by molar-refractivity contribution is 9.10. The van der Waals surface area contributed by atoms with Crippen molar-refractivity contribution in [2.24, 2.45) is 7.05 Å². The highest BCUT2D eigenvalue weighted by atomic mass is 79.9. The van der Waals surface area contributed by atoms with Crippen molar-refractivity contribution < 1.29 is 0 Å².